The third kappa shape index (κ3) is 7.08. The van der Waals surface area contributed by atoms with E-state index in [1.807, 2.05) is 42.5 Å². The van der Waals surface area contributed by atoms with Crippen LogP contribution in [0.2, 0.25) is 0 Å². The predicted octanol–water partition coefficient (Wildman–Crippen LogP) is 5.43. The number of unbranched alkanes of at least 4 members (excludes halogenated alkanes) is 2. The second-order valence-corrected chi connectivity index (χ2v) is 5.30. The molecule has 0 saturated heterocycles. The lowest BCUT2D eigenvalue weighted by atomic mass is 9.92. The molecule has 1 atom stereocenters. The van der Waals surface area contributed by atoms with Gasteiger partial charge in [-0.1, -0.05) is 68.7 Å². The summed E-state index contributed by atoms with van der Waals surface area (Å²) in [5.74, 6) is 0.671. The average molecular weight is 270 g/mol. The first kappa shape index (κ1) is 16.4. The van der Waals surface area contributed by atoms with Gasteiger partial charge in [0.15, 0.2) is 5.78 Å². The highest BCUT2D eigenvalue weighted by Gasteiger charge is 2.10. The second kappa shape index (κ2) is 10.2. The number of hydrogen-bond acceptors (Lipinski definition) is 1. The summed E-state index contributed by atoms with van der Waals surface area (Å²) in [5, 5.41) is 0. The standard InChI is InChI=1S/C19H26O/c1-3-5-7-13-18(10-4-2)16-19(20)15-14-17-11-8-6-9-12-17/h4,6,8-9,11-12,14-15,18H,2-3,5,7,10,13,16H2,1H3/b15-14+. The number of carbonyl (C=O) groups is 1. The van der Waals surface area contributed by atoms with Gasteiger partial charge in [0.1, 0.15) is 0 Å². The molecular formula is C19H26O. The van der Waals surface area contributed by atoms with E-state index in [1.54, 1.807) is 6.08 Å². The Kier molecular flexibility index (Phi) is 8.37. The molecule has 0 aliphatic carbocycles. The normalized spacial score (nSPS) is 12.4. The summed E-state index contributed by atoms with van der Waals surface area (Å²) in [5.41, 5.74) is 1.08. The van der Waals surface area contributed by atoms with Crippen LogP contribution >= 0.6 is 0 Å². The fourth-order valence-corrected chi connectivity index (χ4v) is 2.33. The van der Waals surface area contributed by atoms with Crippen LogP contribution in [0.3, 0.4) is 0 Å². The maximum atomic E-state index is 12.0. The highest BCUT2D eigenvalue weighted by Crippen LogP contribution is 2.19. The van der Waals surface area contributed by atoms with Gasteiger partial charge in [0, 0.05) is 6.42 Å². The molecule has 0 heterocycles. The highest BCUT2D eigenvalue weighted by atomic mass is 16.1. The molecule has 0 spiro atoms. The fourth-order valence-electron chi connectivity index (χ4n) is 2.33. The quantitative estimate of drug-likeness (QED) is 0.315. The van der Waals surface area contributed by atoms with Crippen molar-refractivity contribution in [3.8, 4) is 0 Å². The maximum Gasteiger partial charge on any atom is 0.155 e. The Balaban J connectivity index is 2.44. The van der Waals surface area contributed by atoms with Crippen LogP contribution in [0.15, 0.2) is 49.1 Å². The zero-order valence-corrected chi connectivity index (χ0v) is 12.6. The lowest BCUT2D eigenvalue weighted by molar-refractivity contribution is -0.115. The molecule has 1 aromatic carbocycles. The van der Waals surface area contributed by atoms with Crippen LogP contribution in [0.4, 0.5) is 0 Å². The van der Waals surface area contributed by atoms with Crippen molar-refractivity contribution >= 4 is 11.9 Å². The van der Waals surface area contributed by atoms with Gasteiger partial charge in [-0.3, -0.25) is 4.79 Å². The SMILES string of the molecule is C=CCC(CCCCC)CC(=O)/C=C/c1ccccc1. The molecule has 0 radical (unpaired) electrons. The number of carbonyl (C=O) groups excluding carboxylic acids is 1. The van der Waals surface area contributed by atoms with Gasteiger partial charge in [-0.25, -0.2) is 0 Å². The first-order valence-corrected chi connectivity index (χ1v) is 7.63. The van der Waals surface area contributed by atoms with Gasteiger partial charge in [-0.2, -0.15) is 0 Å². The van der Waals surface area contributed by atoms with E-state index in [9.17, 15) is 4.79 Å². The maximum absolute atomic E-state index is 12.0. The number of rotatable bonds is 10. The summed E-state index contributed by atoms with van der Waals surface area (Å²) in [4.78, 5) is 12.0. The zero-order valence-electron chi connectivity index (χ0n) is 12.6. The summed E-state index contributed by atoms with van der Waals surface area (Å²) in [6.45, 7) is 6.00. The van der Waals surface area contributed by atoms with Gasteiger partial charge in [0.2, 0.25) is 0 Å². The topological polar surface area (TPSA) is 17.1 Å². The van der Waals surface area contributed by atoms with Gasteiger partial charge in [0.25, 0.3) is 0 Å². The molecule has 0 saturated carbocycles. The number of benzene rings is 1. The Morgan fingerprint density at radius 2 is 2.00 bits per heavy atom. The lowest BCUT2D eigenvalue weighted by Gasteiger charge is -2.12. The Bertz CT molecular complexity index is 417. The average Bonchev–Trinajstić information content (AvgIpc) is 2.47. The Hall–Kier alpha value is -1.63. The fraction of sp³-hybridized carbons (Fsp3) is 0.421. The Morgan fingerprint density at radius 3 is 2.65 bits per heavy atom. The molecule has 108 valence electrons. The molecule has 1 heteroatoms. The lowest BCUT2D eigenvalue weighted by Crippen LogP contribution is -2.06. The molecule has 1 aromatic rings. The molecule has 20 heavy (non-hydrogen) atoms. The summed E-state index contributed by atoms with van der Waals surface area (Å²) in [6, 6.07) is 9.95. The molecule has 0 bridgehead atoms. The molecule has 0 fully saturated rings. The van der Waals surface area contributed by atoms with Gasteiger partial charge in [-0.15, -0.1) is 6.58 Å². The molecule has 0 amide bonds. The molecule has 0 aromatic heterocycles. The smallest absolute Gasteiger partial charge is 0.155 e. The minimum atomic E-state index is 0.220. The van der Waals surface area contributed by atoms with Crippen molar-refractivity contribution in [2.75, 3.05) is 0 Å². The number of hydrogen-bond donors (Lipinski definition) is 0. The van der Waals surface area contributed by atoms with E-state index in [0.29, 0.717) is 12.3 Å². The van der Waals surface area contributed by atoms with E-state index >= 15 is 0 Å². The van der Waals surface area contributed by atoms with E-state index in [-0.39, 0.29) is 5.78 Å². The van der Waals surface area contributed by atoms with Crippen molar-refractivity contribution in [1.82, 2.24) is 0 Å². The van der Waals surface area contributed by atoms with Crippen LogP contribution in [0.25, 0.3) is 6.08 Å². The minimum Gasteiger partial charge on any atom is -0.295 e. The van der Waals surface area contributed by atoms with Gasteiger partial charge in [0.05, 0.1) is 0 Å². The largest absolute Gasteiger partial charge is 0.295 e. The van der Waals surface area contributed by atoms with Crippen molar-refractivity contribution in [3.05, 3.63) is 54.6 Å². The highest BCUT2D eigenvalue weighted by molar-refractivity contribution is 5.93. The minimum absolute atomic E-state index is 0.220. The molecule has 0 N–H and O–H groups in total. The molecular weight excluding hydrogens is 244 g/mol. The number of allylic oxidation sites excluding steroid dienone is 2. The predicted molar refractivity (Wildman–Crippen MR) is 87.5 cm³/mol. The molecule has 1 nitrogen and oxygen atoms in total. The zero-order chi connectivity index (χ0) is 14.6. The second-order valence-electron chi connectivity index (χ2n) is 5.30. The summed E-state index contributed by atoms with van der Waals surface area (Å²) >= 11 is 0. The van der Waals surface area contributed by atoms with Gasteiger partial charge in [-0.05, 0) is 30.4 Å². The Morgan fingerprint density at radius 1 is 1.25 bits per heavy atom. The summed E-state index contributed by atoms with van der Waals surface area (Å²) in [6.07, 6.45) is 11.9. The van der Waals surface area contributed by atoms with Crippen molar-refractivity contribution in [2.24, 2.45) is 5.92 Å². The van der Waals surface area contributed by atoms with E-state index in [1.165, 1.54) is 19.3 Å². The molecule has 0 aliphatic rings. The van der Waals surface area contributed by atoms with Crippen molar-refractivity contribution in [2.45, 2.75) is 45.4 Å². The number of ketones is 1. The summed E-state index contributed by atoms with van der Waals surface area (Å²) in [7, 11) is 0. The van der Waals surface area contributed by atoms with Gasteiger partial charge < -0.3 is 0 Å². The molecule has 1 rings (SSSR count). The van der Waals surface area contributed by atoms with Crippen LogP contribution in [0, 0.1) is 5.92 Å². The van der Waals surface area contributed by atoms with E-state index in [0.717, 1.165) is 18.4 Å². The molecule has 0 aliphatic heterocycles. The van der Waals surface area contributed by atoms with Crippen LogP contribution in [-0.2, 0) is 4.79 Å². The van der Waals surface area contributed by atoms with Gasteiger partial charge >= 0.3 is 0 Å². The van der Waals surface area contributed by atoms with Crippen LogP contribution < -0.4 is 0 Å². The van der Waals surface area contributed by atoms with Crippen molar-refractivity contribution in [3.63, 3.8) is 0 Å². The van der Waals surface area contributed by atoms with E-state index in [4.69, 9.17) is 0 Å². The first-order valence-electron chi connectivity index (χ1n) is 7.63. The van der Waals surface area contributed by atoms with Crippen LogP contribution in [0.5, 0.6) is 0 Å². The third-order valence-electron chi connectivity index (χ3n) is 3.47. The Labute approximate surface area is 123 Å². The molecule has 1 unspecified atom stereocenters. The van der Waals surface area contributed by atoms with E-state index in [2.05, 4.69) is 13.5 Å². The van der Waals surface area contributed by atoms with Crippen LogP contribution in [0.1, 0.15) is 51.0 Å². The van der Waals surface area contributed by atoms with Crippen molar-refractivity contribution < 1.29 is 4.79 Å². The van der Waals surface area contributed by atoms with E-state index < -0.39 is 0 Å². The first-order chi connectivity index (χ1) is 9.76. The third-order valence-corrected chi connectivity index (χ3v) is 3.47. The monoisotopic (exact) mass is 270 g/mol. The van der Waals surface area contributed by atoms with Crippen LogP contribution in [-0.4, -0.2) is 5.78 Å². The van der Waals surface area contributed by atoms with Crippen molar-refractivity contribution in [1.29, 1.82) is 0 Å². The summed E-state index contributed by atoms with van der Waals surface area (Å²) < 4.78 is 0.